The number of anilines is 1. The monoisotopic (exact) mass is 565 g/mol. The van der Waals surface area contributed by atoms with Crippen LogP contribution in [-0.4, -0.2) is 51.4 Å². The summed E-state index contributed by atoms with van der Waals surface area (Å²) in [5.41, 5.74) is 2.19. The first-order chi connectivity index (χ1) is 19.1. The molecule has 0 heterocycles. The minimum absolute atomic E-state index is 0.0607. The normalized spacial score (nSPS) is 12.1. The molecule has 0 fully saturated rings. The van der Waals surface area contributed by atoms with Crippen molar-refractivity contribution in [2.24, 2.45) is 5.92 Å². The van der Waals surface area contributed by atoms with Gasteiger partial charge < -0.3 is 15.0 Å². The SMILES string of the molecule is CC[C@@H](C(=O)NCC(C)C)N(Cc1cccc(C)c1)C(=O)CN(c1ccc(OC)cc1)S(=O)(=O)c1ccccc1. The summed E-state index contributed by atoms with van der Waals surface area (Å²) < 4.78 is 34.0. The number of sulfonamides is 1. The number of amides is 2. The fourth-order valence-electron chi connectivity index (χ4n) is 4.35. The van der Waals surface area contributed by atoms with Gasteiger partial charge >= 0.3 is 0 Å². The molecule has 3 aromatic carbocycles. The van der Waals surface area contributed by atoms with Crippen molar-refractivity contribution in [3.8, 4) is 5.75 Å². The van der Waals surface area contributed by atoms with Crippen molar-refractivity contribution in [3.63, 3.8) is 0 Å². The summed E-state index contributed by atoms with van der Waals surface area (Å²) in [6, 6.07) is 21.4. The first kappa shape index (κ1) is 30.7. The molecule has 40 heavy (non-hydrogen) atoms. The molecule has 0 radical (unpaired) electrons. The fourth-order valence-corrected chi connectivity index (χ4v) is 5.78. The average molecular weight is 566 g/mol. The van der Waals surface area contributed by atoms with Gasteiger partial charge in [0.25, 0.3) is 10.0 Å². The number of benzene rings is 3. The maximum absolute atomic E-state index is 14.1. The molecule has 0 saturated carbocycles. The van der Waals surface area contributed by atoms with Crippen LogP contribution in [0.3, 0.4) is 0 Å². The van der Waals surface area contributed by atoms with Crippen LogP contribution in [-0.2, 0) is 26.2 Å². The summed E-state index contributed by atoms with van der Waals surface area (Å²) in [5, 5.41) is 2.94. The standard InChI is InChI=1S/C31H39N3O5S/c1-6-29(31(36)32-20-23(2)3)33(21-25-12-10-11-24(4)19-25)30(35)22-34(26-15-17-27(39-5)18-16-26)40(37,38)28-13-8-7-9-14-28/h7-19,23,29H,6,20-22H2,1-5H3,(H,32,36)/t29-/m0/s1. The van der Waals surface area contributed by atoms with E-state index in [9.17, 15) is 18.0 Å². The third-order valence-electron chi connectivity index (χ3n) is 6.48. The van der Waals surface area contributed by atoms with Gasteiger partial charge in [-0.15, -0.1) is 0 Å². The topological polar surface area (TPSA) is 96.0 Å². The second-order valence-corrected chi connectivity index (χ2v) is 12.0. The molecule has 0 aromatic heterocycles. The number of methoxy groups -OCH3 is 1. The summed E-state index contributed by atoms with van der Waals surface area (Å²) in [5.74, 6) is 0.0486. The van der Waals surface area contributed by atoms with Crippen molar-refractivity contribution >= 4 is 27.5 Å². The van der Waals surface area contributed by atoms with E-state index in [0.29, 0.717) is 24.4 Å². The van der Waals surface area contributed by atoms with E-state index in [2.05, 4.69) is 5.32 Å². The van der Waals surface area contributed by atoms with Crippen LogP contribution >= 0.6 is 0 Å². The smallest absolute Gasteiger partial charge is 0.264 e. The van der Waals surface area contributed by atoms with Crippen molar-refractivity contribution in [1.82, 2.24) is 10.2 Å². The first-order valence-electron chi connectivity index (χ1n) is 13.4. The molecule has 3 rings (SSSR count). The second kappa shape index (κ2) is 14.0. The molecule has 1 N–H and O–H groups in total. The van der Waals surface area contributed by atoms with E-state index < -0.39 is 28.5 Å². The summed E-state index contributed by atoms with van der Waals surface area (Å²) in [6.07, 6.45) is 0.370. The van der Waals surface area contributed by atoms with Crippen LogP contribution in [0.5, 0.6) is 5.75 Å². The largest absolute Gasteiger partial charge is 0.497 e. The Balaban J connectivity index is 2.04. The molecular weight excluding hydrogens is 526 g/mol. The van der Waals surface area contributed by atoms with Crippen LogP contribution in [0, 0.1) is 12.8 Å². The molecule has 0 aliphatic heterocycles. The Hall–Kier alpha value is -3.85. The molecule has 1 atom stereocenters. The fraction of sp³-hybridized carbons (Fsp3) is 0.355. The van der Waals surface area contributed by atoms with Crippen LogP contribution in [0.2, 0.25) is 0 Å². The van der Waals surface area contributed by atoms with E-state index in [1.54, 1.807) is 42.5 Å². The molecule has 0 aliphatic rings. The molecule has 0 aliphatic carbocycles. The maximum Gasteiger partial charge on any atom is 0.264 e. The van der Waals surface area contributed by atoms with Crippen molar-refractivity contribution in [2.75, 3.05) is 24.5 Å². The molecule has 0 unspecified atom stereocenters. The van der Waals surface area contributed by atoms with Gasteiger partial charge in [-0.25, -0.2) is 8.42 Å². The van der Waals surface area contributed by atoms with Crippen LogP contribution in [0.1, 0.15) is 38.3 Å². The molecule has 0 bridgehead atoms. The molecule has 0 saturated heterocycles. The van der Waals surface area contributed by atoms with E-state index in [1.807, 2.05) is 52.0 Å². The van der Waals surface area contributed by atoms with Gasteiger partial charge in [0.15, 0.2) is 0 Å². The minimum atomic E-state index is -4.11. The summed E-state index contributed by atoms with van der Waals surface area (Å²) in [7, 11) is -2.59. The Labute approximate surface area is 238 Å². The highest BCUT2D eigenvalue weighted by molar-refractivity contribution is 7.92. The maximum atomic E-state index is 14.1. The van der Waals surface area contributed by atoms with E-state index in [-0.39, 0.29) is 23.3 Å². The van der Waals surface area contributed by atoms with E-state index in [0.717, 1.165) is 15.4 Å². The molecule has 3 aromatic rings. The van der Waals surface area contributed by atoms with Gasteiger partial charge in [-0.05, 0) is 61.2 Å². The predicted molar refractivity (Wildman–Crippen MR) is 158 cm³/mol. The molecule has 214 valence electrons. The van der Waals surface area contributed by atoms with Crippen molar-refractivity contribution in [3.05, 3.63) is 90.0 Å². The van der Waals surface area contributed by atoms with Crippen molar-refractivity contribution in [2.45, 2.75) is 51.6 Å². The number of hydrogen-bond donors (Lipinski definition) is 1. The third kappa shape index (κ3) is 7.85. The number of rotatable bonds is 13. The van der Waals surface area contributed by atoms with Crippen molar-refractivity contribution < 1.29 is 22.7 Å². The minimum Gasteiger partial charge on any atom is -0.497 e. The van der Waals surface area contributed by atoms with Gasteiger partial charge in [0.2, 0.25) is 11.8 Å². The van der Waals surface area contributed by atoms with Gasteiger partial charge in [-0.3, -0.25) is 13.9 Å². The van der Waals surface area contributed by atoms with E-state index in [4.69, 9.17) is 4.74 Å². The van der Waals surface area contributed by atoms with Gasteiger partial charge in [0.1, 0.15) is 18.3 Å². The van der Waals surface area contributed by atoms with Crippen LogP contribution in [0.4, 0.5) is 5.69 Å². The summed E-state index contributed by atoms with van der Waals surface area (Å²) in [4.78, 5) is 28.9. The lowest BCUT2D eigenvalue weighted by atomic mass is 10.1. The Morgan fingerprint density at radius 3 is 2.20 bits per heavy atom. The zero-order valence-electron chi connectivity index (χ0n) is 23.8. The van der Waals surface area contributed by atoms with E-state index >= 15 is 0 Å². The molecule has 0 spiro atoms. The van der Waals surface area contributed by atoms with E-state index in [1.165, 1.54) is 24.1 Å². The highest BCUT2D eigenvalue weighted by atomic mass is 32.2. The number of nitrogens with zero attached hydrogens (tertiary/aromatic N) is 2. The first-order valence-corrected chi connectivity index (χ1v) is 14.8. The second-order valence-electron chi connectivity index (χ2n) is 10.1. The molecular formula is C31H39N3O5S. The Bertz CT molecular complexity index is 1380. The molecule has 9 heteroatoms. The Morgan fingerprint density at radius 1 is 0.950 bits per heavy atom. The van der Waals surface area contributed by atoms with Gasteiger partial charge in [-0.1, -0.05) is 68.8 Å². The Morgan fingerprint density at radius 2 is 1.62 bits per heavy atom. The lowest BCUT2D eigenvalue weighted by molar-refractivity contribution is -0.140. The average Bonchev–Trinajstić information content (AvgIpc) is 2.95. The quantitative estimate of drug-likeness (QED) is 0.322. The van der Waals surface area contributed by atoms with Crippen LogP contribution < -0.4 is 14.4 Å². The number of aryl methyl sites for hydroxylation is 1. The van der Waals surface area contributed by atoms with Crippen molar-refractivity contribution in [1.29, 1.82) is 0 Å². The lowest BCUT2D eigenvalue weighted by Crippen LogP contribution is -2.52. The zero-order chi connectivity index (χ0) is 29.3. The van der Waals surface area contributed by atoms with Gasteiger partial charge in [0.05, 0.1) is 17.7 Å². The van der Waals surface area contributed by atoms with Crippen LogP contribution in [0.25, 0.3) is 0 Å². The third-order valence-corrected chi connectivity index (χ3v) is 8.26. The molecule has 8 nitrogen and oxygen atoms in total. The number of hydrogen-bond acceptors (Lipinski definition) is 5. The number of carbonyl (C=O) groups excluding carboxylic acids is 2. The number of ether oxygens (including phenoxy) is 1. The van der Waals surface area contributed by atoms with Gasteiger partial charge in [0, 0.05) is 13.1 Å². The number of nitrogens with one attached hydrogen (secondary N) is 1. The lowest BCUT2D eigenvalue weighted by Gasteiger charge is -2.33. The highest BCUT2D eigenvalue weighted by Gasteiger charge is 2.33. The number of carbonyl (C=O) groups is 2. The zero-order valence-corrected chi connectivity index (χ0v) is 24.6. The Kier molecular flexibility index (Phi) is 10.7. The highest BCUT2D eigenvalue weighted by Crippen LogP contribution is 2.26. The molecule has 2 amide bonds. The predicted octanol–water partition coefficient (Wildman–Crippen LogP) is 4.78. The van der Waals surface area contributed by atoms with Crippen LogP contribution in [0.15, 0.2) is 83.8 Å². The summed E-state index contributed by atoms with van der Waals surface area (Å²) in [6.45, 7) is 7.95. The van der Waals surface area contributed by atoms with Gasteiger partial charge in [-0.2, -0.15) is 0 Å². The summed E-state index contributed by atoms with van der Waals surface area (Å²) >= 11 is 0.